The van der Waals surface area contributed by atoms with Crippen molar-refractivity contribution in [2.75, 3.05) is 18.1 Å². The van der Waals surface area contributed by atoms with Crippen LogP contribution in [-0.4, -0.2) is 38.0 Å². The normalized spacial score (nSPS) is 16.1. The molecule has 0 saturated heterocycles. The first-order valence-electron chi connectivity index (χ1n) is 8.81. The summed E-state index contributed by atoms with van der Waals surface area (Å²) in [5.41, 5.74) is -0.199. The van der Waals surface area contributed by atoms with E-state index in [1.54, 1.807) is 6.07 Å². The van der Waals surface area contributed by atoms with Crippen molar-refractivity contribution in [3.8, 4) is 0 Å². The number of nitrogens with one attached hydrogen (secondary N) is 2. The Bertz CT molecular complexity index is 1330. The van der Waals surface area contributed by atoms with Crippen molar-refractivity contribution in [1.82, 2.24) is 10.3 Å². The van der Waals surface area contributed by atoms with Gasteiger partial charge in [-0.3, -0.25) is 14.6 Å². The molecule has 0 bridgehead atoms. The third-order valence-corrected chi connectivity index (χ3v) is 6.00. The van der Waals surface area contributed by atoms with E-state index < -0.39 is 39.2 Å². The number of carbonyl (C=O) groups excluding carboxylic acids is 2. The number of hydrogen-bond acceptors (Lipinski definition) is 5. The smallest absolute Gasteiger partial charge is 0.254 e. The average Bonchev–Trinajstić information content (AvgIpc) is 2.66. The van der Waals surface area contributed by atoms with Crippen molar-refractivity contribution in [2.24, 2.45) is 0 Å². The first kappa shape index (κ1) is 19.9. The zero-order valence-corrected chi connectivity index (χ0v) is 16.4. The summed E-state index contributed by atoms with van der Waals surface area (Å²) in [5.74, 6) is -4.35. The number of pyridine rings is 1. The Morgan fingerprint density at radius 1 is 1.20 bits per heavy atom. The van der Waals surface area contributed by atoms with Gasteiger partial charge in [0.2, 0.25) is 5.91 Å². The van der Waals surface area contributed by atoms with Crippen LogP contribution >= 0.6 is 0 Å². The Kier molecular flexibility index (Phi) is 4.73. The molecule has 2 aromatic carbocycles. The molecule has 2 heterocycles. The van der Waals surface area contributed by atoms with Crippen LogP contribution in [0.2, 0.25) is 0 Å². The average molecular weight is 431 g/mol. The predicted molar refractivity (Wildman–Crippen MR) is 105 cm³/mol. The van der Waals surface area contributed by atoms with E-state index >= 15 is 0 Å². The Labute approximate surface area is 170 Å². The number of sulfone groups is 1. The topological polar surface area (TPSA) is 105 Å². The molecule has 1 atom stereocenters. The molecule has 3 aromatic rings. The predicted octanol–water partition coefficient (Wildman–Crippen LogP) is 2.38. The summed E-state index contributed by atoms with van der Waals surface area (Å²) in [6, 6.07) is 5.96. The van der Waals surface area contributed by atoms with Gasteiger partial charge in [0.25, 0.3) is 5.91 Å². The Balaban J connectivity index is 1.75. The number of nitrogens with zero attached hydrogens (tertiary/aromatic N) is 1. The molecular formula is C20H15F2N3O4S. The van der Waals surface area contributed by atoms with E-state index in [4.69, 9.17) is 0 Å². The minimum Gasteiger partial charge on any atom is -0.351 e. The molecule has 1 aromatic heterocycles. The van der Waals surface area contributed by atoms with Gasteiger partial charge in [0, 0.05) is 35.8 Å². The van der Waals surface area contributed by atoms with Gasteiger partial charge in [-0.2, -0.15) is 0 Å². The van der Waals surface area contributed by atoms with Crippen LogP contribution in [0, 0.1) is 11.6 Å². The summed E-state index contributed by atoms with van der Waals surface area (Å²) in [4.78, 5) is 29.0. The molecule has 4 rings (SSSR count). The Hall–Kier alpha value is -3.40. The summed E-state index contributed by atoms with van der Waals surface area (Å²) >= 11 is 0. The first-order chi connectivity index (χ1) is 14.1. The molecule has 7 nitrogen and oxygen atoms in total. The fourth-order valence-corrected chi connectivity index (χ4v) is 4.08. The maximum atomic E-state index is 14.1. The largest absolute Gasteiger partial charge is 0.351 e. The van der Waals surface area contributed by atoms with Gasteiger partial charge in [-0.15, -0.1) is 0 Å². The summed E-state index contributed by atoms with van der Waals surface area (Å²) in [5, 5.41) is 6.09. The molecule has 2 amide bonds. The molecule has 1 unspecified atom stereocenters. The second-order valence-electron chi connectivity index (χ2n) is 6.95. The van der Waals surface area contributed by atoms with E-state index in [1.807, 2.05) is 0 Å². The molecule has 0 spiro atoms. The highest BCUT2D eigenvalue weighted by Gasteiger charge is 2.33. The van der Waals surface area contributed by atoms with E-state index in [1.165, 1.54) is 24.5 Å². The molecular weight excluding hydrogens is 416 g/mol. The number of benzene rings is 2. The third kappa shape index (κ3) is 3.50. The van der Waals surface area contributed by atoms with Gasteiger partial charge in [-0.25, -0.2) is 17.2 Å². The highest BCUT2D eigenvalue weighted by Crippen LogP contribution is 2.30. The molecule has 1 aliphatic rings. The number of anilines is 1. The number of aromatic nitrogens is 1. The molecule has 10 heteroatoms. The maximum Gasteiger partial charge on any atom is 0.254 e. The first-order valence-corrected chi connectivity index (χ1v) is 10.7. The highest BCUT2D eigenvalue weighted by atomic mass is 32.2. The number of fused-ring (bicyclic) bond motifs is 2. The van der Waals surface area contributed by atoms with E-state index in [9.17, 15) is 26.8 Å². The lowest BCUT2D eigenvalue weighted by molar-refractivity contribution is -0.117. The SMILES string of the molecule is CS(=O)(=O)c1ccc2cncc(NC(=O)C3CNC(=O)c4c(F)cc(F)cc43)c2c1. The van der Waals surface area contributed by atoms with Crippen LogP contribution in [0.1, 0.15) is 21.8 Å². The molecule has 154 valence electrons. The molecule has 0 fully saturated rings. The van der Waals surface area contributed by atoms with Crippen LogP contribution in [0.15, 0.2) is 47.6 Å². The summed E-state index contributed by atoms with van der Waals surface area (Å²) < 4.78 is 51.6. The van der Waals surface area contributed by atoms with Crippen molar-refractivity contribution in [2.45, 2.75) is 10.8 Å². The van der Waals surface area contributed by atoms with Gasteiger partial charge in [0.15, 0.2) is 9.84 Å². The quantitative estimate of drug-likeness (QED) is 0.663. The molecule has 1 aliphatic heterocycles. The fourth-order valence-electron chi connectivity index (χ4n) is 3.43. The standard InChI is InChI=1S/C20H15F2N3O4S/c1-30(28,29)12-3-2-10-7-23-9-17(13(10)6-12)25-19(26)15-8-24-20(27)18-14(15)4-11(21)5-16(18)22/h2-7,9,15H,8H2,1H3,(H,24,27)(H,25,26). The van der Waals surface area contributed by atoms with E-state index in [0.717, 1.165) is 12.3 Å². The van der Waals surface area contributed by atoms with Crippen molar-refractivity contribution in [1.29, 1.82) is 0 Å². The number of halogens is 2. The molecule has 0 saturated carbocycles. The zero-order valence-electron chi connectivity index (χ0n) is 15.6. The van der Waals surface area contributed by atoms with Crippen molar-refractivity contribution >= 4 is 38.1 Å². The van der Waals surface area contributed by atoms with Gasteiger partial charge < -0.3 is 10.6 Å². The lowest BCUT2D eigenvalue weighted by Gasteiger charge is -2.25. The maximum absolute atomic E-state index is 14.1. The van der Waals surface area contributed by atoms with Crippen LogP contribution in [0.5, 0.6) is 0 Å². The van der Waals surface area contributed by atoms with Crippen LogP contribution in [0.25, 0.3) is 10.8 Å². The lowest BCUT2D eigenvalue weighted by atomic mass is 9.89. The van der Waals surface area contributed by atoms with E-state index in [0.29, 0.717) is 16.8 Å². The van der Waals surface area contributed by atoms with Crippen LogP contribution in [-0.2, 0) is 14.6 Å². The number of hydrogen-bond donors (Lipinski definition) is 2. The van der Waals surface area contributed by atoms with Gasteiger partial charge >= 0.3 is 0 Å². The fraction of sp³-hybridized carbons (Fsp3) is 0.150. The van der Waals surface area contributed by atoms with Gasteiger partial charge in [0.1, 0.15) is 11.6 Å². The zero-order chi connectivity index (χ0) is 21.6. The third-order valence-electron chi connectivity index (χ3n) is 4.89. The molecule has 2 N–H and O–H groups in total. The Morgan fingerprint density at radius 2 is 1.97 bits per heavy atom. The number of carbonyl (C=O) groups is 2. The van der Waals surface area contributed by atoms with Gasteiger partial charge in [0.05, 0.1) is 28.3 Å². The Morgan fingerprint density at radius 3 is 2.70 bits per heavy atom. The molecule has 0 aliphatic carbocycles. The lowest BCUT2D eigenvalue weighted by Crippen LogP contribution is -2.40. The van der Waals surface area contributed by atoms with E-state index in [-0.39, 0.29) is 28.3 Å². The highest BCUT2D eigenvalue weighted by molar-refractivity contribution is 7.90. The van der Waals surface area contributed by atoms with Gasteiger partial charge in [-0.05, 0) is 23.8 Å². The van der Waals surface area contributed by atoms with Gasteiger partial charge in [-0.1, -0.05) is 6.07 Å². The minimum atomic E-state index is -3.48. The minimum absolute atomic E-state index is 0.0567. The van der Waals surface area contributed by atoms with Crippen LogP contribution < -0.4 is 10.6 Å². The summed E-state index contributed by atoms with van der Waals surface area (Å²) in [6.07, 6.45) is 3.93. The van der Waals surface area contributed by atoms with Crippen molar-refractivity contribution in [3.05, 3.63) is 65.5 Å². The monoisotopic (exact) mass is 431 g/mol. The molecule has 0 radical (unpaired) electrons. The molecule has 30 heavy (non-hydrogen) atoms. The van der Waals surface area contributed by atoms with Crippen LogP contribution in [0.3, 0.4) is 0 Å². The van der Waals surface area contributed by atoms with Crippen molar-refractivity contribution in [3.63, 3.8) is 0 Å². The second kappa shape index (κ2) is 7.13. The van der Waals surface area contributed by atoms with Crippen molar-refractivity contribution < 1.29 is 26.8 Å². The van der Waals surface area contributed by atoms with E-state index in [2.05, 4.69) is 15.6 Å². The number of rotatable bonds is 3. The number of amides is 2. The second-order valence-corrected chi connectivity index (χ2v) is 8.96. The van der Waals surface area contributed by atoms with Crippen LogP contribution in [0.4, 0.5) is 14.5 Å². The summed E-state index contributed by atoms with van der Waals surface area (Å²) in [7, 11) is -3.48. The summed E-state index contributed by atoms with van der Waals surface area (Å²) in [6.45, 7) is -0.145.